The van der Waals surface area contributed by atoms with Gasteiger partial charge < -0.3 is 0 Å². The van der Waals surface area contributed by atoms with Crippen molar-refractivity contribution in [3.63, 3.8) is 0 Å². The summed E-state index contributed by atoms with van der Waals surface area (Å²) in [5, 5.41) is 0. The Bertz CT molecular complexity index is 1290. The van der Waals surface area contributed by atoms with Crippen LogP contribution in [0.25, 0.3) is 16.8 Å². The van der Waals surface area contributed by atoms with Crippen LogP contribution in [-0.2, 0) is 17.9 Å². The van der Waals surface area contributed by atoms with Crippen LogP contribution in [0.1, 0.15) is 59.3 Å². The van der Waals surface area contributed by atoms with Gasteiger partial charge in [0.25, 0.3) is 0 Å². The summed E-state index contributed by atoms with van der Waals surface area (Å²) in [6.07, 6.45) is -3.68. The molecule has 0 saturated carbocycles. The molecule has 0 radical (unpaired) electrons. The van der Waals surface area contributed by atoms with Crippen LogP contribution < -0.4 is 4.68 Å². The molecule has 1 aliphatic rings. The third-order valence-corrected chi connectivity index (χ3v) is 7.22. The van der Waals surface area contributed by atoms with E-state index in [9.17, 15) is 13.2 Å². The van der Waals surface area contributed by atoms with Crippen LogP contribution in [0, 0.1) is 20.7 Å². The maximum atomic E-state index is 14.2. The van der Waals surface area contributed by atoms with Gasteiger partial charge in [0, 0.05) is 14.9 Å². The first kappa shape index (κ1) is 18.1. The van der Waals surface area contributed by atoms with E-state index in [2.05, 4.69) is 0 Å². The van der Waals surface area contributed by atoms with Crippen molar-refractivity contribution in [1.29, 1.82) is 0 Å². The van der Waals surface area contributed by atoms with E-state index in [1.807, 2.05) is 56.6 Å². The van der Waals surface area contributed by atoms with Crippen molar-refractivity contribution in [2.45, 2.75) is 64.9 Å². The van der Waals surface area contributed by atoms with Crippen molar-refractivity contribution in [2.75, 3.05) is 0 Å². The molecule has 5 heteroatoms. The number of aromatic nitrogens is 2. The van der Waals surface area contributed by atoms with Gasteiger partial charge in [-0.3, -0.25) is 0 Å². The number of fused-ring (bicyclic) bond motifs is 3. The Labute approximate surface area is 186 Å². The first-order valence-corrected chi connectivity index (χ1v) is 10.4. The summed E-state index contributed by atoms with van der Waals surface area (Å²) in [5.74, 6) is 0. The standard InChI is InChI=1S/C26H30F3N2/c1-16-10-8-11-17(2)21(16)19-14-30(7)31-22-18(3)12-9-13-20(22)24(4,5)25(6,23(19)31)15-26(27,28)29/h8-14H,15H2,1-7H3/q+1/i1D3. The van der Waals surface area contributed by atoms with Gasteiger partial charge in [-0.1, -0.05) is 57.2 Å². The van der Waals surface area contributed by atoms with E-state index in [4.69, 9.17) is 4.11 Å². The molecular formula is C26H30F3N2+. The van der Waals surface area contributed by atoms with Crippen molar-refractivity contribution >= 4 is 0 Å². The SMILES string of the molecule is [2H]C([2H])([2H])c1cccc(C)c1-c1c[n+](C)n2c1C(C)(CC(F)(F)F)C(C)(C)c1cccc(C)c1-2. The molecule has 1 atom stereocenters. The maximum Gasteiger partial charge on any atom is 0.390 e. The fourth-order valence-electron chi connectivity index (χ4n) is 5.33. The van der Waals surface area contributed by atoms with Crippen LogP contribution in [0.15, 0.2) is 42.6 Å². The lowest BCUT2D eigenvalue weighted by atomic mass is 9.56. The van der Waals surface area contributed by atoms with E-state index in [-0.39, 0.29) is 5.56 Å². The molecule has 31 heavy (non-hydrogen) atoms. The largest absolute Gasteiger partial charge is 0.390 e. The molecule has 2 aromatic carbocycles. The molecule has 1 aliphatic heterocycles. The number of hydrogen-bond donors (Lipinski definition) is 0. The van der Waals surface area contributed by atoms with Crippen LogP contribution in [0.2, 0.25) is 0 Å². The Morgan fingerprint density at radius 2 is 1.61 bits per heavy atom. The van der Waals surface area contributed by atoms with Crippen LogP contribution >= 0.6 is 0 Å². The topological polar surface area (TPSA) is 8.81 Å². The Kier molecular flexibility index (Phi) is 3.91. The molecule has 0 saturated heterocycles. The van der Waals surface area contributed by atoms with Crippen molar-refractivity contribution in [3.8, 4) is 16.8 Å². The molecule has 2 nitrogen and oxygen atoms in total. The number of nitrogens with zero attached hydrogens (tertiary/aromatic N) is 2. The number of aryl methyl sites for hydroxylation is 4. The quantitative estimate of drug-likeness (QED) is 0.416. The van der Waals surface area contributed by atoms with Gasteiger partial charge in [-0.25, -0.2) is 0 Å². The van der Waals surface area contributed by atoms with Gasteiger partial charge in [0.05, 0.1) is 12.0 Å². The lowest BCUT2D eigenvalue weighted by Crippen LogP contribution is -2.54. The third-order valence-electron chi connectivity index (χ3n) is 7.22. The number of halogens is 3. The minimum absolute atomic E-state index is 0.143. The first-order valence-electron chi connectivity index (χ1n) is 11.9. The lowest BCUT2D eigenvalue weighted by Gasteiger charge is -2.49. The van der Waals surface area contributed by atoms with Gasteiger partial charge in [0.2, 0.25) is 6.20 Å². The highest BCUT2D eigenvalue weighted by atomic mass is 19.4. The van der Waals surface area contributed by atoms with Crippen molar-refractivity contribution in [1.82, 2.24) is 4.68 Å². The zero-order chi connectivity index (χ0) is 25.4. The summed E-state index contributed by atoms with van der Waals surface area (Å²) in [6.45, 7) is 6.73. The Morgan fingerprint density at radius 3 is 2.26 bits per heavy atom. The predicted octanol–water partition coefficient (Wildman–Crippen LogP) is 6.40. The van der Waals surface area contributed by atoms with Crippen molar-refractivity contribution < 1.29 is 22.0 Å². The van der Waals surface area contributed by atoms with Crippen molar-refractivity contribution in [3.05, 3.63) is 70.5 Å². The number of rotatable bonds is 2. The summed E-state index contributed by atoms with van der Waals surface area (Å²) in [4.78, 5) is 0. The fourth-order valence-corrected chi connectivity index (χ4v) is 5.33. The Balaban J connectivity index is 2.21. The highest BCUT2D eigenvalue weighted by molar-refractivity contribution is 5.75. The first-order chi connectivity index (χ1) is 15.5. The monoisotopic (exact) mass is 430 g/mol. The van der Waals surface area contributed by atoms with E-state index in [1.54, 1.807) is 37.0 Å². The summed E-state index contributed by atoms with van der Waals surface area (Å²) < 4.78 is 70.5. The molecule has 1 aromatic heterocycles. The summed E-state index contributed by atoms with van der Waals surface area (Å²) >= 11 is 0. The maximum absolute atomic E-state index is 14.2. The van der Waals surface area contributed by atoms with Crippen LogP contribution in [0.5, 0.6) is 0 Å². The number of hydrogen-bond acceptors (Lipinski definition) is 0. The number of benzene rings is 2. The average Bonchev–Trinajstić information content (AvgIpc) is 3.01. The van der Waals surface area contributed by atoms with Crippen molar-refractivity contribution in [2.24, 2.45) is 7.05 Å². The van der Waals surface area contributed by atoms with E-state index in [0.29, 0.717) is 22.4 Å². The number of para-hydroxylation sites is 1. The molecule has 4 rings (SSSR count). The summed E-state index contributed by atoms with van der Waals surface area (Å²) in [7, 11) is 1.79. The normalized spacial score (nSPS) is 21.6. The molecule has 0 N–H and O–H groups in total. The van der Waals surface area contributed by atoms with Gasteiger partial charge in [0.1, 0.15) is 11.4 Å². The van der Waals surface area contributed by atoms with E-state index in [0.717, 1.165) is 16.8 Å². The van der Waals surface area contributed by atoms with Gasteiger partial charge in [0.15, 0.2) is 7.05 Å². The van der Waals surface area contributed by atoms with E-state index >= 15 is 0 Å². The molecule has 0 spiro atoms. The second-order valence-electron chi connectivity index (χ2n) is 9.49. The van der Waals surface area contributed by atoms with Crippen LogP contribution in [-0.4, -0.2) is 10.9 Å². The molecule has 0 aliphatic carbocycles. The highest BCUT2D eigenvalue weighted by Crippen LogP contribution is 2.56. The van der Waals surface area contributed by atoms with Crippen LogP contribution in [0.4, 0.5) is 13.2 Å². The molecule has 2 heterocycles. The van der Waals surface area contributed by atoms with Gasteiger partial charge in [-0.15, -0.1) is 9.36 Å². The predicted molar refractivity (Wildman–Crippen MR) is 118 cm³/mol. The minimum atomic E-state index is -4.42. The molecular weight excluding hydrogens is 397 g/mol. The minimum Gasteiger partial charge on any atom is -0.171 e. The smallest absolute Gasteiger partial charge is 0.171 e. The zero-order valence-corrected chi connectivity index (χ0v) is 18.8. The number of alkyl halides is 3. The zero-order valence-electron chi connectivity index (χ0n) is 21.8. The van der Waals surface area contributed by atoms with E-state index in [1.165, 1.54) is 0 Å². The van der Waals surface area contributed by atoms with Gasteiger partial charge >= 0.3 is 6.18 Å². The second-order valence-corrected chi connectivity index (χ2v) is 9.49. The molecule has 164 valence electrons. The lowest BCUT2D eigenvalue weighted by molar-refractivity contribution is -0.745. The fraction of sp³-hybridized carbons (Fsp3) is 0.423. The summed E-state index contributed by atoms with van der Waals surface area (Å²) in [5.41, 5.74) is 2.73. The molecule has 0 bridgehead atoms. The molecule has 0 amide bonds. The molecule has 1 unspecified atom stereocenters. The molecule has 3 aromatic rings. The Morgan fingerprint density at radius 1 is 1.00 bits per heavy atom. The highest BCUT2D eigenvalue weighted by Gasteiger charge is 2.58. The third kappa shape index (κ3) is 3.04. The van der Waals surface area contributed by atoms with E-state index < -0.39 is 30.3 Å². The second kappa shape index (κ2) is 6.72. The van der Waals surface area contributed by atoms with Gasteiger partial charge in [-0.2, -0.15) is 13.2 Å². The molecule has 0 fully saturated rings. The average molecular weight is 431 g/mol. The Hall–Kier alpha value is -2.56. The van der Waals surface area contributed by atoms with Crippen LogP contribution in [0.3, 0.4) is 0 Å². The summed E-state index contributed by atoms with van der Waals surface area (Å²) in [6, 6.07) is 10.8. The van der Waals surface area contributed by atoms with Gasteiger partial charge in [-0.05, 0) is 48.5 Å².